The van der Waals surface area contributed by atoms with Crippen molar-refractivity contribution in [3.63, 3.8) is 0 Å². The molecule has 96 valence electrons. The zero-order chi connectivity index (χ0) is 13.1. The van der Waals surface area contributed by atoms with Crippen molar-refractivity contribution in [3.8, 4) is 0 Å². The summed E-state index contributed by atoms with van der Waals surface area (Å²) in [6.45, 7) is 7.01. The average Bonchev–Trinajstić information content (AvgIpc) is 2.79. The smallest absolute Gasteiger partial charge is 0.0827 e. The molecule has 1 aromatic carbocycles. The SMILES string of the molecule is Cc1ccc(Cn2ccc(C(O)C(C)C)c2)cc1. The molecular formula is C16H21NO. The summed E-state index contributed by atoms with van der Waals surface area (Å²) in [6, 6.07) is 10.5. The fraction of sp³-hybridized carbons (Fsp3) is 0.375. The van der Waals surface area contributed by atoms with Crippen LogP contribution in [-0.2, 0) is 6.54 Å². The van der Waals surface area contributed by atoms with Crippen molar-refractivity contribution in [3.05, 3.63) is 59.4 Å². The number of aryl methyl sites for hydroxylation is 1. The molecule has 18 heavy (non-hydrogen) atoms. The van der Waals surface area contributed by atoms with Crippen molar-refractivity contribution >= 4 is 0 Å². The molecule has 1 N–H and O–H groups in total. The van der Waals surface area contributed by atoms with Gasteiger partial charge in [0.15, 0.2) is 0 Å². The van der Waals surface area contributed by atoms with Gasteiger partial charge in [-0.3, -0.25) is 0 Å². The lowest BCUT2D eigenvalue weighted by Crippen LogP contribution is -2.04. The lowest BCUT2D eigenvalue weighted by molar-refractivity contribution is 0.127. The van der Waals surface area contributed by atoms with Gasteiger partial charge in [-0.2, -0.15) is 0 Å². The molecule has 0 fully saturated rings. The van der Waals surface area contributed by atoms with Gasteiger partial charge in [-0.05, 0) is 30.0 Å². The van der Waals surface area contributed by atoms with Gasteiger partial charge in [-0.15, -0.1) is 0 Å². The summed E-state index contributed by atoms with van der Waals surface area (Å²) < 4.78 is 2.12. The van der Waals surface area contributed by atoms with Gasteiger partial charge in [0.05, 0.1) is 6.10 Å². The summed E-state index contributed by atoms with van der Waals surface area (Å²) in [5.74, 6) is 0.250. The fourth-order valence-electron chi connectivity index (χ4n) is 2.02. The largest absolute Gasteiger partial charge is 0.388 e. The Bertz CT molecular complexity index is 496. The van der Waals surface area contributed by atoms with Gasteiger partial charge >= 0.3 is 0 Å². The Morgan fingerprint density at radius 1 is 1.11 bits per heavy atom. The van der Waals surface area contributed by atoms with E-state index in [1.54, 1.807) is 0 Å². The molecule has 2 aromatic rings. The maximum Gasteiger partial charge on any atom is 0.0827 e. The monoisotopic (exact) mass is 243 g/mol. The Balaban J connectivity index is 2.09. The van der Waals surface area contributed by atoms with E-state index in [1.165, 1.54) is 11.1 Å². The Morgan fingerprint density at radius 3 is 2.39 bits per heavy atom. The molecular weight excluding hydrogens is 222 g/mol. The number of hydrogen-bond acceptors (Lipinski definition) is 1. The van der Waals surface area contributed by atoms with Crippen LogP contribution in [0.4, 0.5) is 0 Å². The number of aromatic nitrogens is 1. The summed E-state index contributed by atoms with van der Waals surface area (Å²) >= 11 is 0. The van der Waals surface area contributed by atoms with Gasteiger partial charge in [0.2, 0.25) is 0 Å². The third kappa shape index (κ3) is 3.02. The maximum absolute atomic E-state index is 10.0. The molecule has 1 unspecified atom stereocenters. The summed E-state index contributed by atoms with van der Waals surface area (Å²) in [5.41, 5.74) is 3.56. The van der Waals surface area contributed by atoms with Crippen molar-refractivity contribution in [1.82, 2.24) is 4.57 Å². The Labute approximate surface area is 109 Å². The molecule has 0 bridgehead atoms. The van der Waals surface area contributed by atoms with Crippen LogP contribution >= 0.6 is 0 Å². The summed E-state index contributed by atoms with van der Waals surface area (Å²) in [7, 11) is 0. The first-order valence-corrected chi connectivity index (χ1v) is 6.45. The third-order valence-electron chi connectivity index (χ3n) is 3.23. The molecule has 1 aromatic heterocycles. The van der Waals surface area contributed by atoms with Crippen LogP contribution in [0, 0.1) is 12.8 Å². The van der Waals surface area contributed by atoms with E-state index in [1.807, 2.05) is 32.3 Å². The minimum absolute atomic E-state index is 0.250. The van der Waals surface area contributed by atoms with Crippen LogP contribution in [0.2, 0.25) is 0 Å². The first-order chi connectivity index (χ1) is 8.56. The van der Waals surface area contributed by atoms with Crippen LogP contribution in [-0.4, -0.2) is 9.67 Å². The van der Waals surface area contributed by atoms with Crippen LogP contribution < -0.4 is 0 Å². The summed E-state index contributed by atoms with van der Waals surface area (Å²) in [6.07, 6.45) is 3.69. The maximum atomic E-state index is 10.0. The zero-order valence-corrected chi connectivity index (χ0v) is 11.3. The highest BCUT2D eigenvalue weighted by molar-refractivity contribution is 5.22. The second kappa shape index (κ2) is 5.40. The van der Waals surface area contributed by atoms with Crippen molar-refractivity contribution in [1.29, 1.82) is 0 Å². The normalized spacial score (nSPS) is 12.9. The zero-order valence-electron chi connectivity index (χ0n) is 11.3. The van der Waals surface area contributed by atoms with Crippen LogP contribution in [0.3, 0.4) is 0 Å². The second-order valence-electron chi connectivity index (χ2n) is 5.29. The van der Waals surface area contributed by atoms with E-state index in [-0.39, 0.29) is 12.0 Å². The van der Waals surface area contributed by atoms with E-state index in [0.29, 0.717) is 0 Å². The lowest BCUT2D eigenvalue weighted by Gasteiger charge is -2.12. The molecule has 0 aliphatic heterocycles. The van der Waals surface area contributed by atoms with Crippen molar-refractivity contribution in [2.24, 2.45) is 5.92 Å². The molecule has 0 aliphatic carbocycles. The minimum Gasteiger partial charge on any atom is -0.388 e. The molecule has 0 saturated carbocycles. The van der Waals surface area contributed by atoms with Gasteiger partial charge < -0.3 is 9.67 Å². The molecule has 2 nitrogen and oxygen atoms in total. The highest BCUT2D eigenvalue weighted by Gasteiger charge is 2.12. The Kier molecular flexibility index (Phi) is 3.87. The highest BCUT2D eigenvalue weighted by atomic mass is 16.3. The molecule has 2 rings (SSSR count). The van der Waals surface area contributed by atoms with Gasteiger partial charge in [0, 0.05) is 18.9 Å². The molecule has 0 saturated heterocycles. The number of aliphatic hydroxyl groups excluding tert-OH is 1. The third-order valence-corrected chi connectivity index (χ3v) is 3.23. The van der Waals surface area contributed by atoms with Gasteiger partial charge in [0.1, 0.15) is 0 Å². The van der Waals surface area contributed by atoms with E-state index in [4.69, 9.17) is 0 Å². The molecule has 0 spiro atoms. The number of nitrogens with zero attached hydrogens (tertiary/aromatic N) is 1. The van der Waals surface area contributed by atoms with Gasteiger partial charge in [-0.1, -0.05) is 43.7 Å². The molecule has 0 aliphatic rings. The summed E-state index contributed by atoms with van der Waals surface area (Å²) in [4.78, 5) is 0. The topological polar surface area (TPSA) is 25.2 Å². The summed E-state index contributed by atoms with van der Waals surface area (Å²) in [5, 5.41) is 10.0. The molecule has 2 heteroatoms. The van der Waals surface area contributed by atoms with Gasteiger partial charge in [0.25, 0.3) is 0 Å². The number of hydrogen-bond donors (Lipinski definition) is 1. The Hall–Kier alpha value is -1.54. The number of benzene rings is 1. The fourth-order valence-corrected chi connectivity index (χ4v) is 2.02. The molecule has 0 amide bonds. The van der Waals surface area contributed by atoms with Crippen molar-refractivity contribution in [2.75, 3.05) is 0 Å². The quantitative estimate of drug-likeness (QED) is 0.873. The van der Waals surface area contributed by atoms with Gasteiger partial charge in [-0.25, -0.2) is 0 Å². The standard InChI is InChI=1S/C16H21NO/c1-12(2)16(18)15-8-9-17(11-15)10-14-6-4-13(3)5-7-14/h4-9,11-12,16,18H,10H2,1-3H3. The van der Waals surface area contributed by atoms with E-state index >= 15 is 0 Å². The van der Waals surface area contributed by atoms with Crippen LogP contribution in [0.25, 0.3) is 0 Å². The van der Waals surface area contributed by atoms with Crippen molar-refractivity contribution < 1.29 is 5.11 Å². The van der Waals surface area contributed by atoms with E-state index in [0.717, 1.165) is 12.1 Å². The average molecular weight is 243 g/mol. The number of rotatable bonds is 4. The highest BCUT2D eigenvalue weighted by Crippen LogP contribution is 2.21. The van der Waals surface area contributed by atoms with E-state index in [9.17, 15) is 5.11 Å². The molecule has 1 atom stereocenters. The van der Waals surface area contributed by atoms with Crippen molar-refractivity contribution in [2.45, 2.75) is 33.4 Å². The predicted molar refractivity (Wildman–Crippen MR) is 74.5 cm³/mol. The lowest BCUT2D eigenvalue weighted by atomic mass is 10.0. The first-order valence-electron chi connectivity index (χ1n) is 6.45. The van der Waals surface area contributed by atoms with E-state index < -0.39 is 0 Å². The Morgan fingerprint density at radius 2 is 1.78 bits per heavy atom. The van der Waals surface area contributed by atoms with E-state index in [2.05, 4.69) is 35.8 Å². The van der Waals surface area contributed by atoms with Crippen LogP contribution in [0.15, 0.2) is 42.7 Å². The van der Waals surface area contributed by atoms with Crippen LogP contribution in [0.1, 0.15) is 36.6 Å². The van der Waals surface area contributed by atoms with Crippen LogP contribution in [0.5, 0.6) is 0 Å². The minimum atomic E-state index is -0.371. The predicted octanol–water partition coefficient (Wildman–Crippen LogP) is 3.53. The first kappa shape index (κ1) is 12.9. The number of aliphatic hydroxyl groups is 1. The molecule has 0 radical (unpaired) electrons. The second-order valence-corrected chi connectivity index (χ2v) is 5.29. The molecule has 1 heterocycles.